The first kappa shape index (κ1) is 24.1. The Kier molecular flexibility index (Phi) is 7.20. The molecule has 0 bridgehead atoms. The number of furan rings is 1. The Balaban J connectivity index is 1.57. The molecule has 35 heavy (non-hydrogen) atoms. The lowest BCUT2D eigenvalue weighted by Gasteiger charge is -2.15. The molecular weight excluding hydrogens is 442 g/mol. The zero-order valence-corrected chi connectivity index (χ0v) is 20.3. The van der Waals surface area contributed by atoms with Gasteiger partial charge in [0.1, 0.15) is 17.1 Å². The highest BCUT2D eigenvalue weighted by molar-refractivity contribution is 6.17. The lowest BCUT2D eigenvalue weighted by Crippen LogP contribution is -2.30. The topological polar surface area (TPSA) is 77.8 Å². The summed E-state index contributed by atoms with van der Waals surface area (Å²) in [7, 11) is 0. The monoisotopic (exact) mass is 471 g/mol. The summed E-state index contributed by atoms with van der Waals surface area (Å²) < 4.78 is 17.2. The molecule has 1 amide bonds. The third-order valence-corrected chi connectivity index (χ3v) is 5.71. The molecule has 6 nitrogen and oxygen atoms in total. The minimum Gasteiger partial charge on any atom is -0.494 e. The highest BCUT2D eigenvalue weighted by Gasteiger charge is 2.25. The highest BCUT2D eigenvalue weighted by Crippen LogP contribution is 2.33. The second kappa shape index (κ2) is 10.5. The molecule has 0 saturated carbocycles. The summed E-state index contributed by atoms with van der Waals surface area (Å²) in [5.74, 6) is 1.03. The van der Waals surface area contributed by atoms with Gasteiger partial charge in [-0.2, -0.15) is 0 Å². The lowest BCUT2D eigenvalue weighted by molar-refractivity contribution is -0.122. The van der Waals surface area contributed by atoms with Crippen molar-refractivity contribution in [3.05, 3.63) is 89.7 Å². The van der Waals surface area contributed by atoms with Crippen LogP contribution in [0.4, 0.5) is 5.69 Å². The molecule has 0 spiro atoms. The average Bonchev–Trinajstić information content (AvgIpc) is 3.23. The van der Waals surface area contributed by atoms with Gasteiger partial charge in [-0.3, -0.25) is 9.59 Å². The summed E-state index contributed by atoms with van der Waals surface area (Å²) in [6.07, 6.45) is -0.790. The van der Waals surface area contributed by atoms with E-state index in [1.807, 2.05) is 43.3 Å². The van der Waals surface area contributed by atoms with Gasteiger partial charge in [-0.25, -0.2) is 0 Å². The molecule has 1 N–H and O–H groups in total. The zero-order valence-electron chi connectivity index (χ0n) is 20.3. The van der Waals surface area contributed by atoms with E-state index in [0.29, 0.717) is 46.2 Å². The first-order valence-corrected chi connectivity index (χ1v) is 11.7. The van der Waals surface area contributed by atoms with Crippen molar-refractivity contribution in [2.24, 2.45) is 0 Å². The van der Waals surface area contributed by atoms with E-state index in [-0.39, 0.29) is 17.5 Å². The highest BCUT2D eigenvalue weighted by atomic mass is 16.5. The van der Waals surface area contributed by atoms with Crippen molar-refractivity contribution in [2.45, 2.75) is 39.7 Å². The number of nitrogens with one attached hydrogen (secondary N) is 1. The van der Waals surface area contributed by atoms with Gasteiger partial charge in [-0.05, 0) is 73.9 Å². The molecule has 0 saturated heterocycles. The van der Waals surface area contributed by atoms with Crippen LogP contribution in [0.15, 0.2) is 77.2 Å². The fraction of sp³-hybridized carbons (Fsp3) is 0.241. The minimum absolute atomic E-state index is 0.0668. The fourth-order valence-electron chi connectivity index (χ4n) is 3.74. The van der Waals surface area contributed by atoms with Crippen LogP contribution < -0.4 is 14.8 Å². The van der Waals surface area contributed by atoms with Crippen LogP contribution in [0.2, 0.25) is 0 Å². The lowest BCUT2D eigenvalue weighted by atomic mass is 10.0. The maximum atomic E-state index is 13.3. The van der Waals surface area contributed by atoms with Gasteiger partial charge in [-0.1, -0.05) is 38.1 Å². The van der Waals surface area contributed by atoms with Crippen LogP contribution in [-0.2, 0) is 4.79 Å². The number of para-hydroxylation sites is 1. The van der Waals surface area contributed by atoms with Crippen LogP contribution in [0, 0.1) is 0 Å². The van der Waals surface area contributed by atoms with Gasteiger partial charge in [0.05, 0.1) is 12.3 Å². The smallest absolute Gasteiger partial charge is 0.265 e. The largest absolute Gasteiger partial charge is 0.494 e. The summed E-state index contributed by atoms with van der Waals surface area (Å²) in [4.78, 5) is 26.4. The van der Waals surface area contributed by atoms with Crippen molar-refractivity contribution in [3.63, 3.8) is 0 Å². The number of ether oxygens (including phenoxy) is 2. The van der Waals surface area contributed by atoms with Crippen LogP contribution in [0.3, 0.4) is 0 Å². The molecule has 1 unspecified atom stereocenters. The summed E-state index contributed by atoms with van der Waals surface area (Å²) in [5, 5.41) is 3.50. The molecule has 1 aromatic heterocycles. The fourth-order valence-corrected chi connectivity index (χ4v) is 3.74. The van der Waals surface area contributed by atoms with Gasteiger partial charge < -0.3 is 19.2 Å². The van der Waals surface area contributed by atoms with E-state index < -0.39 is 6.10 Å². The number of ketones is 1. The molecular formula is C29H29NO5. The SMILES string of the molecule is CCOc1ccc(C(=O)c2oc3ccccc3c2NC(=O)C(C)Oc2ccc(C(C)C)cc2)cc1. The molecule has 180 valence electrons. The Morgan fingerprint density at radius 3 is 2.20 bits per heavy atom. The van der Waals surface area contributed by atoms with Gasteiger partial charge in [0, 0.05) is 10.9 Å². The quantitative estimate of drug-likeness (QED) is 0.279. The molecule has 4 rings (SSSR count). The molecule has 6 heteroatoms. The normalized spacial score (nSPS) is 11.9. The maximum Gasteiger partial charge on any atom is 0.265 e. The Hall–Kier alpha value is -4.06. The zero-order chi connectivity index (χ0) is 24.9. The summed E-state index contributed by atoms with van der Waals surface area (Å²) in [6, 6.07) is 21.7. The standard InChI is InChI=1S/C29H29NO5/c1-5-33-22-14-12-21(13-15-22)27(31)28-26(24-8-6-7-9-25(24)35-28)30-29(32)19(4)34-23-16-10-20(11-17-23)18(2)3/h6-19H,5H2,1-4H3,(H,30,32). The van der Waals surface area contributed by atoms with Gasteiger partial charge in [0.15, 0.2) is 11.9 Å². The van der Waals surface area contributed by atoms with Crippen molar-refractivity contribution in [3.8, 4) is 11.5 Å². The van der Waals surface area contributed by atoms with E-state index >= 15 is 0 Å². The van der Waals surface area contributed by atoms with E-state index in [4.69, 9.17) is 13.9 Å². The van der Waals surface area contributed by atoms with Gasteiger partial charge >= 0.3 is 0 Å². The van der Waals surface area contributed by atoms with Crippen molar-refractivity contribution in [1.29, 1.82) is 0 Å². The van der Waals surface area contributed by atoms with Crippen molar-refractivity contribution < 1.29 is 23.5 Å². The van der Waals surface area contributed by atoms with Crippen molar-refractivity contribution in [2.75, 3.05) is 11.9 Å². The number of hydrogen-bond donors (Lipinski definition) is 1. The predicted molar refractivity (Wildman–Crippen MR) is 137 cm³/mol. The third-order valence-electron chi connectivity index (χ3n) is 5.71. The second-order valence-corrected chi connectivity index (χ2v) is 8.56. The Labute approximate surface area is 204 Å². The molecule has 0 aliphatic carbocycles. The number of benzene rings is 3. The number of anilines is 1. The Bertz CT molecular complexity index is 1320. The Morgan fingerprint density at radius 2 is 1.54 bits per heavy atom. The minimum atomic E-state index is -0.790. The molecule has 0 aliphatic rings. The van der Waals surface area contributed by atoms with Crippen LogP contribution >= 0.6 is 0 Å². The number of carbonyl (C=O) groups is 2. The first-order valence-electron chi connectivity index (χ1n) is 11.7. The van der Waals surface area contributed by atoms with Crippen molar-refractivity contribution >= 4 is 28.3 Å². The number of fused-ring (bicyclic) bond motifs is 1. The maximum absolute atomic E-state index is 13.3. The molecule has 4 aromatic rings. The van der Waals surface area contributed by atoms with E-state index in [0.717, 1.165) is 0 Å². The average molecular weight is 472 g/mol. The second-order valence-electron chi connectivity index (χ2n) is 8.56. The molecule has 1 heterocycles. The van der Waals surface area contributed by atoms with Crippen LogP contribution in [-0.4, -0.2) is 24.4 Å². The molecule has 0 fully saturated rings. The molecule has 3 aromatic carbocycles. The number of hydrogen-bond acceptors (Lipinski definition) is 5. The summed E-state index contributed by atoms with van der Waals surface area (Å²) in [5.41, 5.74) is 2.46. The number of carbonyl (C=O) groups excluding carboxylic acids is 2. The molecule has 0 radical (unpaired) electrons. The van der Waals surface area contributed by atoms with Gasteiger partial charge in [-0.15, -0.1) is 0 Å². The third kappa shape index (κ3) is 5.38. The van der Waals surface area contributed by atoms with Gasteiger partial charge in [0.2, 0.25) is 5.78 Å². The summed E-state index contributed by atoms with van der Waals surface area (Å²) >= 11 is 0. The van der Waals surface area contributed by atoms with E-state index in [9.17, 15) is 9.59 Å². The van der Waals surface area contributed by atoms with Crippen LogP contribution in [0.5, 0.6) is 11.5 Å². The number of rotatable bonds is 9. The first-order chi connectivity index (χ1) is 16.9. The Morgan fingerprint density at radius 1 is 0.886 bits per heavy atom. The molecule has 0 aliphatic heterocycles. The van der Waals surface area contributed by atoms with E-state index in [1.165, 1.54) is 5.56 Å². The van der Waals surface area contributed by atoms with Gasteiger partial charge in [0.25, 0.3) is 5.91 Å². The van der Waals surface area contributed by atoms with Crippen LogP contribution in [0.25, 0.3) is 11.0 Å². The number of amides is 1. The summed E-state index contributed by atoms with van der Waals surface area (Å²) in [6.45, 7) is 8.34. The van der Waals surface area contributed by atoms with Crippen LogP contribution in [0.1, 0.15) is 55.3 Å². The van der Waals surface area contributed by atoms with E-state index in [1.54, 1.807) is 43.3 Å². The van der Waals surface area contributed by atoms with Crippen molar-refractivity contribution in [1.82, 2.24) is 0 Å². The predicted octanol–water partition coefficient (Wildman–Crippen LogP) is 6.59. The molecule has 1 atom stereocenters. The van der Waals surface area contributed by atoms with E-state index in [2.05, 4.69) is 19.2 Å².